The highest BCUT2D eigenvalue weighted by Crippen LogP contribution is 2.29. The van der Waals surface area contributed by atoms with Crippen molar-refractivity contribution in [3.05, 3.63) is 83.9 Å². The summed E-state index contributed by atoms with van der Waals surface area (Å²) in [5.74, 6) is 1.35. The first-order valence-electron chi connectivity index (χ1n) is 10.2. The maximum atomic E-state index is 4.93. The van der Waals surface area contributed by atoms with Gasteiger partial charge in [0.05, 0.1) is 11.3 Å². The summed E-state index contributed by atoms with van der Waals surface area (Å²) in [6.45, 7) is 4.67. The van der Waals surface area contributed by atoms with Crippen LogP contribution in [0.1, 0.15) is 17.0 Å². The Hall–Kier alpha value is -4.00. The molecule has 0 spiro atoms. The van der Waals surface area contributed by atoms with E-state index >= 15 is 0 Å². The number of aryl methyl sites for hydroxylation is 2. The highest BCUT2D eigenvalue weighted by Gasteiger charge is 2.20. The third kappa shape index (κ3) is 3.44. The summed E-state index contributed by atoms with van der Waals surface area (Å²) in [7, 11) is 1.94. The molecule has 0 saturated carbocycles. The van der Waals surface area contributed by atoms with Gasteiger partial charge in [-0.15, -0.1) is 0 Å². The molecule has 3 aromatic heterocycles. The second-order valence-electron chi connectivity index (χ2n) is 7.53. The molecule has 0 unspecified atom stereocenters. The zero-order valence-corrected chi connectivity index (χ0v) is 17.7. The number of fused-ring (bicyclic) bond motifs is 1. The molecule has 0 aliphatic heterocycles. The van der Waals surface area contributed by atoms with Crippen molar-refractivity contribution in [2.75, 3.05) is 5.32 Å². The molecule has 3 heterocycles. The minimum Gasteiger partial charge on any atom is -0.364 e. The quantitative estimate of drug-likeness (QED) is 0.464. The number of rotatable bonds is 5. The third-order valence-electron chi connectivity index (χ3n) is 5.47. The minimum atomic E-state index is 0.642. The van der Waals surface area contributed by atoms with Gasteiger partial charge in [0.15, 0.2) is 22.8 Å². The number of aromatic nitrogens is 6. The van der Waals surface area contributed by atoms with Crippen LogP contribution in [0.4, 0.5) is 5.82 Å². The maximum absolute atomic E-state index is 4.93. The van der Waals surface area contributed by atoms with Crippen LogP contribution >= 0.6 is 0 Å². The lowest BCUT2D eigenvalue weighted by Gasteiger charge is -2.10. The van der Waals surface area contributed by atoms with Crippen LogP contribution in [0.2, 0.25) is 0 Å². The first kappa shape index (κ1) is 19.0. The van der Waals surface area contributed by atoms with Gasteiger partial charge >= 0.3 is 0 Å². The molecular weight excluding hydrogens is 386 g/mol. The molecule has 0 aliphatic rings. The summed E-state index contributed by atoms with van der Waals surface area (Å²) >= 11 is 0. The van der Waals surface area contributed by atoms with Crippen LogP contribution in [0.5, 0.6) is 0 Å². The van der Waals surface area contributed by atoms with E-state index in [4.69, 9.17) is 9.97 Å². The van der Waals surface area contributed by atoms with Crippen LogP contribution in [0.3, 0.4) is 0 Å². The van der Waals surface area contributed by atoms with Gasteiger partial charge in [0, 0.05) is 25.0 Å². The summed E-state index contributed by atoms with van der Waals surface area (Å²) < 4.78 is 3.86. The van der Waals surface area contributed by atoms with E-state index in [-0.39, 0.29) is 0 Å². The lowest BCUT2D eigenvalue weighted by Crippen LogP contribution is -2.06. The fraction of sp³-hybridized carbons (Fsp3) is 0.167. The molecule has 0 fully saturated rings. The molecule has 7 nitrogen and oxygen atoms in total. The number of benzene rings is 2. The van der Waals surface area contributed by atoms with Gasteiger partial charge in [0.1, 0.15) is 6.33 Å². The second kappa shape index (κ2) is 7.68. The summed E-state index contributed by atoms with van der Waals surface area (Å²) in [4.78, 5) is 14.5. The number of nitrogens with zero attached hydrogens (tertiary/aromatic N) is 6. The Kier molecular flexibility index (Phi) is 4.71. The van der Waals surface area contributed by atoms with Gasteiger partial charge in [-0.05, 0) is 31.5 Å². The standard InChI is InChI=1S/C24H23N7/c1-16-20(17(2)30(3)29-16)22-27-23(25-14-18-10-6-4-7-11-18)21-24(28-22)31(15-26-21)19-12-8-5-9-13-19/h4-13,15H,14H2,1-3H3,(H,25,27,28). The van der Waals surface area contributed by atoms with Crippen LogP contribution in [0.25, 0.3) is 28.2 Å². The van der Waals surface area contributed by atoms with Crippen LogP contribution < -0.4 is 5.32 Å². The van der Waals surface area contributed by atoms with E-state index in [2.05, 4.69) is 27.5 Å². The Balaban J connectivity index is 1.68. The Morgan fingerprint density at radius 2 is 1.61 bits per heavy atom. The Bertz CT molecular complexity index is 1350. The van der Waals surface area contributed by atoms with Crippen LogP contribution in [0.15, 0.2) is 67.0 Å². The number of para-hydroxylation sites is 1. The zero-order valence-electron chi connectivity index (χ0n) is 17.7. The molecule has 5 rings (SSSR count). The predicted octanol–water partition coefficient (Wildman–Crippen LogP) is 4.44. The lowest BCUT2D eigenvalue weighted by atomic mass is 10.2. The maximum Gasteiger partial charge on any atom is 0.170 e. The monoisotopic (exact) mass is 409 g/mol. The fourth-order valence-electron chi connectivity index (χ4n) is 3.79. The molecule has 154 valence electrons. The van der Waals surface area contributed by atoms with Gasteiger partial charge < -0.3 is 5.32 Å². The Labute approximate surface area is 180 Å². The van der Waals surface area contributed by atoms with Crippen molar-refractivity contribution >= 4 is 17.0 Å². The van der Waals surface area contributed by atoms with Crippen molar-refractivity contribution in [1.82, 2.24) is 29.3 Å². The minimum absolute atomic E-state index is 0.642. The first-order chi connectivity index (χ1) is 15.1. The molecule has 5 aromatic rings. The number of anilines is 1. The van der Waals surface area contributed by atoms with Gasteiger partial charge in [0.25, 0.3) is 0 Å². The van der Waals surface area contributed by atoms with Crippen molar-refractivity contribution in [2.45, 2.75) is 20.4 Å². The van der Waals surface area contributed by atoms with Crippen molar-refractivity contribution in [2.24, 2.45) is 7.05 Å². The smallest absolute Gasteiger partial charge is 0.170 e. The van der Waals surface area contributed by atoms with E-state index in [0.29, 0.717) is 18.2 Å². The number of hydrogen-bond donors (Lipinski definition) is 1. The molecule has 0 atom stereocenters. The molecule has 7 heteroatoms. The van der Waals surface area contributed by atoms with E-state index in [1.54, 1.807) is 6.33 Å². The molecule has 1 N–H and O–H groups in total. The summed E-state index contributed by atoms with van der Waals surface area (Å²) in [5.41, 5.74) is 6.55. The Morgan fingerprint density at radius 3 is 2.29 bits per heavy atom. The molecular formula is C24H23N7. The highest BCUT2D eigenvalue weighted by atomic mass is 15.3. The molecule has 0 amide bonds. The van der Waals surface area contributed by atoms with Gasteiger partial charge in [-0.3, -0.25) is 9.25 Å². The topological polar surface area (TPSA) is 73.5 Å². The van der Waals surface area contributed by atoms with Crippen LogP contribution in [-0.2, 0) is 13.6 Å². The molecule has 31 heavy (non-hydrogen) atoms. The number of imidazole rings is 1. The summed E-state index contributed by atoms with van der Waals surface area (Å²) in [5, 5.41) is 8.02. The van der Waals surface area contributed by atoms with Crippen molar-refractivity contribution in [3.8, 4) is 17.1 Å². The average Bonchev–Trinajstić information content (AvgIpc) is 3.33. The normalized spacial score (nSPS) is 11.2. The molecule has 0 saturated heterocycles. The van der Waals surface area contributed by atoms with Gasteiger partial charge in [-0.2, -0.15) is 5.10 Å². The van der Waals surface area contributed by atoms with Gasteiger partial charge in [-0.1, -0.05) is 48.5 Å². The number of hydrogen-bond acceptors (Lipinski definition) is 5. The van der Waals surface area contributed by atoms with E-state index < -0.39 is 0 Å². The first-order valence-corrected chi connectivity index (χ1v) is 10.2. The van der Waals surface area contributed by atoms with E-state index in [1.807, 2.05) is 78.7 Å². The summed E-state index contributed by atoms with van der Waals surface area (Å²) in [6.07, 6.45) is 1.80. The fourth-order valence-corrected chi connectivity index (χ4v) is 3.79. The summed E-state index contributed by atoms with van der Waals surface area (Å²) in [6, 6.07) is 20.4. The van der Waals surface area contributed by atoms with E-state index in [0.717, 1.165) is 33.8 Å². The lowest BCUT2D eigenvalue weighted by molar-refractivity contribution is 0.731. The van der Waals surface area contributed by atoms with Gasteiger partial charge in [-0.25, -0.2) is 15.0 Å². The number of nitrogens with one attached hydrogen (secondary N) is 1. The van der Waals surface area contributed by atoms with Crippen molar-refractivity contribution in [1.29, 1.82) is 0 Å². The highest BCUT2D eigenvalue weighted by molar-refractivity contribution is 5.86. The van der Waals surface area contributed by atoms with E-state index in [9.17, 15) is 0 Å². The molecule has 0 bridgehead atoms. The third-order valence-corrected chi connectivity index (χ3v) is 5.47. The predicted molar refractivity (Wildman–Crippen MR) is 122 cm³/mol. The van der Waals surface area contributed by atoms with E-state index in [1.165, 1.54) is 5.56 Å². The van der Waals surface area contributed by atoms with Gasteiger partial charge in [0.2, 0.25) is 0 Å². The Morgan fingerprint density at radius 1 is 0.903 bits per heavy atom. The second-order valence-corrected chi connectivity index (χ2v) is 7.53. The van der Waals surface area contributed by atoms with Crippen LogP contribution in [-0.4, -0.2) is 29.3 Å². The van der Waals surface area contributed by atoms with Crippen molar-refractivity contribution < 1.29 is 0 Å². The SMILES string of the molecule is Cc1nn(C)c(C)c1-c1nc(NCc2ccccc2)c2ncn(-c3ccccc3)c2n1. The molecule has 0 aliphatic carbocycles. The average molecular weight is 409 g/mol. The van der Waals surface area contributed by atoms with Crippen LogP contribution in [0, 0.1) is 13.8 Å². The van der Waals surface area contributed by atoms with Crippen molar-refractivity contribution in [3.63, 3.8) is 0 Å². The zero-order chi connectivity index (χ0) is 21.4. The molecule has 2 aromatic carbocycles. The largest absolute Gasteiger partial charge is 0.364 e. The molecule has 0 radical (unpaired) electrons.